The quantitative estimate of drug-likeness (QED) is 0.686. The highest BCUT2D eigenvalue weighted by Crippen LogP contribution is 2.18. The summed E-state index contributed by atoms with van der Waals surface area (Å²) in [5.74, 6) is 0.600. The van der Waals surface area contributed by atoms with Gasteiger partial charge in [0, 0.05) is 14.1 Å². The van der Waals surface area contributed by atoms with E-state index in [0.717, 1.165) is 0 Å². The van der Waals surface area contributed by atoms with Crippen LogP contribution in [0.2, 0.25) is 0 Å². The minimum absolute atomic E-state index is 0.600. The molecule has 74 valence electrons. The zero-order valence-electron chi connectivity index (χ0n) is 8.14. The molecule has 0 aliphatic carbocycles. The lowest BCUT2D eigenvalue weighted by molar-refractivity contribution is 0.599. The van der Waals surface area contributed by atoms with E-state index in [1.165, 1.54) is 17.6 Å². The van der Waals surface area contributed by atoms with Gasteiger partial charge in [-0.3, -0.25) is 4.31 Å². The van der Waals surface area contributed by atoms with Crippen molar-refractivity contribution in [2.75, 3.05) is 17.6 Å². The summed E-state index contributed by atoms with van der Waals surface area (Å²) in [5.41, 5.74) is 0.704. The van der Waals surface area contributed by atoms with Gasteiger partial charge in [-0.15, -0.1) is 0 Å². The lowest BCUT2D eigenvalue weighted by Gasteiger charge is -2.17. The second-order valence-corrected chi connectivity index (χ2v) is 5.01. The summed E-state index contributed by atoms with van der Waals surface area (Å²) in [7, 11) is 0.0759. The number of anilines is 1. The number of aromatic nitrogens is 2. The van der Waals surface area contributed by atoms with Crippen LogP contribution in [0.4, 0.5) is 5.82 Å². The van der Waals surface area contributed by atoms with Crippen LogP contribution < -0.4 is 4.31 Å². The monoisotopic (exact) mass is 203 g/mol. The van der Waals surface area contributed by atoms with Crippen LogP contribution in [0.1, 0.15) is 5.69 Å². The third-order valence-corrected chi connectivity index (χ3v) is 3.05. The molecule has 0 saturated carbocycles. The van der Waals surface area contributed by atoms with Crippen LogP contribution in [-0.2, 0) is 17.1 Å². The largest absolute Gasteiger partial charge is 0.320 e. The number of sulfonamides is 1. The number of hydrogen-bond donors (Lipinski definition) is 0. The number of aryl methyl sites for hydroxylation is 2. The fraction of sp³-hybridized carbons (Fsp3) is 0.571. The van der Waals surface area contributed by atoms with Crippen LogP contribution >= 0.6 is 0 Å². The van der Waals surface area contributed by atoms with Crippen LogP contribution in [0.5, 0.6) is 0 Å². The second kappa shape index (κ2) is 3.02. The van der Waals surface area contributed by atoms with Crippen LogP contribution in [0.3, 0.4) is 0 Å². The van der Waals surface area contributed by atoms with E-state index < -0.39 is 10.0 Å². The highest BCUT2D eigenvalue weighted by Gasteiger charge is 2.17. The minimum atomic E-state index is -3.20. The van der Waals surface area contributed by atoms with Gasteiger partial charge < -0.3 is 4.57 Å². The average molecular weight is 203 g/mol. The van der Waals surface area contributed by atoms with Crippen molar-refractivity contribution in [3.8, 4) is 0 Å². The first-order valence-corrected chi connectivity index (χ1v) is 5.60. The Morgan fingerprint density at radius 2 is 2.08 bits per heavy atom. The van der Waals surface area contributed by atoms with Crippen molar-refractivity contribution < 1.29 is 8.42 Å². The molecule has 1 rings (SSSR count). The Labute approximate surface area is 78.1 Å². The summed E-state index contributed by atoms with van der Waals surface area (Å²) in [4.78, 5) is 4.01. The molecule has 0 amide bonds. The van der Waals surface area contributed by atoms with Gasteiger partial charge in [-0.25, -0.2) is 13.4 Å². The zero-order valence-corrected chi connectivity index (χ0v) is 8.96. The van der Waals surface area contributed by atoms with E-state index in [9.17, 15) is 8.42 Å². The van der Waals surface area contributed by atoms with Crippen molar-refractivity contribution in [1.82, 2.24) is 9.55 Å². The van der Waals surface area contributed by atoms with Gasteiger partial charge in [0.1, 0.15) is 5.82 Å². The van der Waals surface area contributed by atoms with E-state index in [2.05, 4.69) is 4.98 Å². The topological polar surface area (TPSA) is 55.2 Å². The van der Waals surface area contributed by atoms with Crippen LogP contribution in [0.25, 0.3) is 0 Å². The van der Waals surface area contributed by atoms with Crippen molar-refractivity contribution in [3.05, 3.63) is 12.0 Å². The minimum Gasteiger partial charge on any atom is -0.320 e. The van der Waals surface area contributed by atoms with E-state index in [-0.39, 0.29) is 0 Å². The summed E-state index contributed by atoms with van der Waals surface area (Å²) < 4.78 is 25.3. The molecule has 1 heterocycles. The predicted molar refractivity (Wildman–Crippen MR) is 51.2 cm³/mol. The van der Waals surface area contributed by atoms with Crippen molar-refractivity contribution in [3.63, 3.8) is 0 Å². The standard InChI is InChI=1S/C7H13N3O2S/c1-6-7(9(2)5-8-6)10(3)13(4,11)12/h5H,1-4H3. The Bertz CT molecular complexity index is 388. The van der Waals surface area contributed by atoms with E-state index >= 15 is 0 Å². The Morgan fingerprint density at radius 3 is 2.38 bits per heavy atom. The third-order valence-electron chi connectivity index (χ3n) is 1.88. The van der Waals surface area contributed by atoms with Gasteiger partial charge in [0.25, 0.3) is 0 Å². The Hall–Kier alpha value is -1.04. The first kappa shape index (κ1) is 10.0. The third kappa shape index (κ3) is 1.82. The molecule has 0 radical (unpaired) electrons. The molecule has 0 aromatic carbocycles. The van der Waals surface area contributed by atoms with Crippen LogP contribution in [-0.4, -0.2) is 31.3 Å². The molecule has 5 nitrogen and oxygen atoms in total. The molecule has 13 heavy (non-hydrogen) atoms. The maximum Gasteiger partial charge on any atom is 0.233 e. The van der Waals surface area contributed by atoms with Crippen molar-refractivity contribution in [2.24, 2.45) is 7.05 Å². The van der Waals surface area contributed by atoms with Gasteiger partial charge in [-0.05, 0) is 6.92 Å². The van der Waals surface area contributed by atoms with Crippen molar-refractivity contribution >= 4 is 15.8 Å². The lowest BCUT2D eigenvalue weighted by atomic mass is 10.5. The zero-order chi connectivity index (χ0) is 10.2. The van der Waals surface area contributed by atoms with Gasteiger partial charge in [0.15, 0.2) is 0 Å². The molecule has 0 unspecified atom stereocenters. The van der Waals surface area contributed by atoms with Gasteiger partial charge in [0.05, 0.1) is 18.3 Å². The average Bonchev–Trinajstić information content (AvgIpc) is 2.28. The smallest absolute Gasteiger partial charge is 0.233 e. The Kier molecular flexibility index (Phi) is 2.34. The molecule has 0 bridgehead atoms. The summed E-state index contributed by atoms with van der Waals surface area (Å²) in [6.07, 6.45) is 2.76. The van der Waals surface area contributed by atoms with Gasteiger partial charge in [0.2, 0.25) is 10.0 Å². The van der Waals surface area contributed by atoms with Gasteiger partial charge >= 0.3 is 0 Å². The Morgan fingerprint density at radius 1 is 1.54 bits per heavy atom. The van der Waals surface area contributed by atoms with Gasteiger partial charge in [-0.1, -0.05) is 0 Å². The Balaban J connectivity index is 3.23. The molecule has 0 aliphatic heterocycles. The van der Waals surface area contributed by atoms with E-state index in [1.54, 1.807) is 24.9 Å². The highest BCUT2D eigenvalue weighted by atomic mass is 32.2. The van der Waals surface area contributed by atoms with Crippen molar-refractivity contribution in [2.45, 2.75) is 6.92 Å². The summed E-state index contributed by atoms with van der Waals surface area (Å²) in [5, 5.41) is 0. The summed E-state index contributed by atoms with van der Waals surface area (Å²) in [6.45, 7) is 1.77. The fourth-order valence-electron chi connectivity index (χ4n) is 1.15. The molecule has 1 aromatic rings. The molecular weight excluding hydrogens is 190 g/mol. The highest BCUT2D eigenvalue weighted by molar-refractivity contribution is 7.92. The normalized spacial score (nSPS) is 11.7. The molecule has 6 heteroatoms. The number of imidazole rings is 1. The molecule has 0 spiro atoms. The number of nitrogens with zero attached hydrogens (tertiary/aromatic N) is 3. The predicted octanol–water partition coefficient (Wildman–Crippen LogP) is 0.124. The molecule has 0 fully saturated rings. The molecule has 0 atom stereocenters. The second-order valence-electron chi connectivity index (χ2n) is 2.99. The SMILES string of the molecule is Cc1ncn(C)c1N(C)S(C)(=O)=O. The van der Waals surface area contributed by atoms with Crippen LogP contribution in [0.15, 0.2) is 6.33 Å². The fourth-order valence-corrected chi connectivity index (χ4v) is 1.72. The van der Waals surface area contributed by atoms with E-state index in [0.29, 0.717) is 11.5 Å². The van der Waals surface area contributed by atoms with Crippen molar-refractivity contribution in [1.29, 1.82) is 0 Å². The molecule has 1 aromatic heterocycles. The van der Waals surface area contributed by atoms with Crippen LogP contribution in [0, 0.1) is 6.92 Å². The number of hydrogen-bond acceptors (Lipinski definition) is 3. The molecule has 0 N–H and O–H groups in total. The van der Waals surface area contributed by atoms with E-state index in [1.807, 2.05) is 0 Å². The first-order valence-electron chi connectivity index (χ1n) is 3.76. The summed E-state index contributed by atoms with van der Waals surface area (Å²) in [6, 6.07) is 0. The first-order chi connectivity index (χ1) is 5.84. The molecule has 0 aliphatic rings. The lowest BCUT2D eigenvalue weighted by Crippen LogP contribution is -2.27. The maximum atomic E-state index is 11.2. The maximum absolute atomic E-state index is 11.2. The van der Waals surface area contributed by atoms with Gasteiger partial charge in [-0.2, -0.15) is 0 Å². The van der Waals surface area contributed by atoms with E-state index in [4.69, 9.17) is 0 Å². The number of rotatable bonds is 2. The molecule has 0 saturated heterocycles. The summed E-state index contributed by atoms with van der Waals surface area (Å²) >= 11 is 0. The molecular formula is C7H13N3O2S.